The van der Waals surface area contributed by atoms with Crippen LogP contribution >= 0.6 is 11.8 Å². The summed E-state index contributed by atoms with van der Waals surface area (Å²) in [7, 11) is 0. The second-order valence-corrected chi connectivity index (χ2v) is 3.88. The Morgan fingerprint density at radius 3 is 2.50 bits per heavy atom. The van der Waals surface area contributed by atoms with E-state index in [2.05, 4.69) is 11.1 Å². The molecule has 0 aliphatic rings. The van der Waals surface area contributed by atoms with E-state index in [-0.39, 0.29) is 0 Å². The summed E-state index contributed by atoms with van der Waals surface area (Å²) in [6.45, 7) is 0. The third-order valence-electron chi connectivity index (χ3n) is 1.75. The molecule has 0 atom stereocenters. The zero-order chi connectivity index (χ0) is 9.80. The van der Waals surface area contributed by atoms with Crippen LogP contribution in [0.25, 0.3) is 0 Å². The van der Waals surface area contributed by atoms with Crippen LogP contribution in [0.15, 0.2) is 52.4 Å². The number of nitriles is 1. The van der Waals surface area contributed by atoms with Crippen molar-refractivity contribution in [2.45, 2.75) is 9.92 Å². The Balaban J connectivity index is 2.16. The van der Waals surface area contributed by atoms with E-state index in [0.717, 1.165) is 5.03 Å². The van der Waals surface area contributed by atoms with Gasteiger partial charge in [0, 0.05) is 4.90 Å². The topological polar surface area (TPSA) is 39.6 Å². The number of H-pyrrole nitrogens is 1. The zero-order valence-corrected chi connectivity index (χ0v) is 8.21. The fraction of sp³-hybridized carbons (Fsp3) is 0. The second kappa shape index (κ2) is 4.03. The number of benzene rings is 1. The molecule has 1 N–H and O–H groups in total. The van der Waals surface area contributed by atoms with Crippen molar-refractivity contribution in [1.29, 1.82) is 5.26 Å². The third kappa shape index (κ3) is 1.98. The Hall–Kier alpha value is -1.66. The summed E-state index contributed by atoms with van der Waals surface area (Å²) < 4.78 is 0. The maximum atomic E-state index is 8.63. The smallest absolute Gasteiger partial charge is 0.118 e. The van der Waals surface area contributed by atoms with Gasteiger partial charge in [0.15, 0.2) is 0 Å². The largest absolute Gasteiger partial charge is 0.341 e. The fourth-order valence-corrected chi connectivity index (χ4v) is 1.96. The lowest BCUT2D eigenvalue weighted by Gasteiger charge is -1.96. The van der Waals surface area contributed by atoms with E-state index in [9.17, 15) is 0 Å². The van der Waals surface area contributed by atoms with Crippen LogP contribution in [0.5, 0.6) is 0 Å². The molecule has 2 rings (SSSR count). The molecule has 1 heterocycles. The van der Waals surface area contributed by atoms with Crippen LogP contribution in [0.1, 0.15) is 5.69 Å². The summed E-state index contributed by atoms with van der Waals surface area (Å²) in [5.41, 5.74) is 0.600. The minimum atomic E-state index is 0.600. The van der Waals surface area contributed by atoms with Crippen molar-refractivity contribution < 1.29 is 0 Å². The predicted molar refractivity (Wildman–Crippen MR) is 56.1 cm³/mol. The predicted octanol–water partition coefficient (Wildman–Crippen LogP) is 3.04. The molecule has 0 bridgehead atoms. The number of rotatable bonds is 2. The second-order valence-electron chi connectivity index (χ2n) is 2.76. The van der Waals surface area contributed by atoms with Gasteiger partial charge >= 0.3 is 0 Å². The minimum absolute atomic E-state index is 0.600. The molecule has 2 nitrogen and oxygen atoms in total. The average Bonchev–Trinajstić information content (AvgIpc) is 2.67. The van der Waals surface area contributed by atoms with Crippen molar-refractivity contribution in [2.24, 2.45) is 0 Å². The SMILES string of the molecule is N#Cc1ccc(Sc2ccccc2)[nH]1. The third-order valence-corrected chi connectivity index (χ3v) is 2.72. The molecule has 0 radical (unpaired) electrons. The van der Waals surface area contributed by atoms with Crippen LogP contribution in [0.2, 0.25) is 0 Å². The maximum absolute atomic E-state index is 8.63. The van der Waals surface area contributed by atoms with Crippen molar-refractivity contribution in [3.8, 4) is 6.07 Å². The highest BCUT2D eigenvalue weighted by molar-refractivity contribution is 7.99. The highest BCUT2D eigenvalue weighted by Gasteiger charge is 1.99. The van der Waals surface area contributed by atoms with Crippen LogP contribution in [0.3, 0.4) is 0 Å². The summed E-state index contributed by atoms with van der Waals surface area (Å²) in [5.74, 6) is 0. The molecule has 68 valence electrons. The molecule has 3 heteroatoms. The van der Waals surface area contributed by atoms with E-state index in [4.69, 9.17) is 5.26 Å². The Bertz CT molecular complexity index is 454. The highest BCUT2D eigenvalue weighted by atomic mass is 32.2. The van der Waals surface area contributed by atoms with Crippen molar-refractivity contribution in [3.05, 3.63) is 48.2 Å². The van der Waals surface area contributed by atoms with Crippen molar-refractivity contribution in [3.63, 3.8) is 0 Å². The molecule has 0 saturated heterocycles. The van der Waals surface area contributed by atoms with Gasteiger partial charge in [-0.05, 0) is 24.3 Å². The van der Waals surface area contributed by atoms with Crippen LogP contribution in [0, 0.1) is 11.3 Å². The van der Waals surface area contributed by atoms with Crippen LogP contribution in [-0.2, 0) is 0 Å². The zero-order valence-electron chi connectivity index (χ0n) is 7.40. The van der Waals surface area contributed by atoms with Crippen molar-refractivity contribution >= 4 is 11.8 Å². The lowest BCUT2D eigenvalue weighted by Crippen LogP contribution is -1.73. The number of aromatic nitrogens is 1. The monoisotopic (exact) mass is 200 g/mol. The van der Waals surface area contributed by atoms with Crippen LogP contribution < -0.4 is 0 Å². The summed E-state index contributed by atoms with van der Waals surface area (Å²) >= 11 is 1.62. The van der Waals surface area contributed by atoms with Gasteiger partial charge in [0.05, 0.1) is 5.03 Å². The molecule has 0 amide bonds. The minimum Gasteiger partial charge on any atom is -0.341 e. The van der Waals surface area contributed by atoms with Gasteiger partial charge in [-0.1, -0.05) is 30.0 Å². The Kier molecular flexibility index (Phi) is 2.57. The van der Waals surface area contributed by atoms with Gasteiger partial charge in [-0.3, -0.25) is 0 Å². The first-order chi connectivity index (χ1) is 6.88. The van der Waals surface area contributed by atoms with Gasteiger partial charge in [0.1, 0.15) is 11.8 Å². The standard InChI is InChI=1S/C11H8N2S/c12-8-9-6-7-11(13-9)14-10-4-2-1-3-5-10/h1-7,13H. The van der Waals surface area contributed by atoms with Crippen LogP contribution in [0.4, 0.5) is 0 Å². The van der Waals surface area contributed by atoms with Gasteiger partial charge in [0.25, 0.3) is 0 Å². The quantitative estimate of drug-likeness (QED) is 0.809. The lowest BCUT2D eigenvalue weighted by atomic mass is 10.4. The van der Waals surface area contributed by atoms with Crippen molar-refractivity contribution in [1.82, 2.24) is 4.98 Å². The number of nitrogens with zero attached hydrogens (tertiary/aromatic N) is 1. The Morgan fingerprint density at radius 1 is 1.07 bits per heavy atom. The maximum Gasteiger partial charge on any atom is 0.118 e. The first-order valence-electron chi connectivity index (χ1n) is 4.20. The van der Waals surface area contributed by atoms with E-state index < -0.39 is 0 Å². The molecule has 0 fully saturated rings. The van der Waals surface area contributed by atoms with E-state index in [1.165, 1.54) is 4.90 Å². The molecular formula is C11H8N2S. The van der Waals surface area contributed by atoms with E-state index in [1.54, 1.807) is 17.8 Å². The molecule has 0 saturated carbocycles. The van der Waals surface area contributed by atoms with Gasteiger partial charge in [-0.15, -0.1) is 0 Å². The molecule has 0 aliphatic heterocycles. The molecule has 14 heavy (non-hydrogen) atoms. The number of hydrogen-bond acceptors (Lipinski definition) is 2. The van der Waals surface area contributed by atoms with Gasteiger partial charge in [0.2, 0.25) is 0 Å². The first kappa shape index (κ1) is 8.92. The summed E-state index contributed by atoms with van der Waals surface area (Å²) in [6, 6.07) is 15.8. The van der Waals surface area contributed by atoms with Crippen LogP contribution in [-0.4, -0.2) is 4.98 Å². The Labute approximate surface area is 86.6 Å². The number of nitrogens with one attached hydrogen (secondary N) is 1. The van der Waals surface area contributed by atoms with Gasteiger partial charge in [-0.2, -0.15) is 5.26 Å². The van der Waals surface area contributed by atoms with Gasteiger partial charge in [-0.25, -0.2) is 0 Å². The lowest BCUT2D eigenvalue weighted by molar-refractivity contribution is 1.17. The molecule has 0 aliphatic carbocycles. The molecule has 2 aromatic rings. The molecule has 1 aromatic carbocycles. The van der Waals surface area contributed by atoms with E-state index in [1.807, 2.05) is 36.4 Å². The first-order valence-corrected chi connectivity index (χ1v) is 5.02. The number of hydrogen-bond donors (Lipinski definition) is 1. The van der Waals surface area contributed by atoms with E-state index in [0.29, 0.717) is 5.69 Å². The summed E-state index contributed by atoms with van der Waals surface area (Å²) in [5, 5.41) is 9.62. The molecule has 0 spiro atoms. The normalized spacial score (nSPS) is 9.64. The summed E-state index contributed by atoms with van der Waals surface area (Å²) in [6.07, 6.45) is 0. The molecule has 1 aromatic heterocycles. The van der Waals surface area contributed by atoms with Crippen molar-refractivity contribution in [2.75, 3.05) is 0 Å². The highest BCUT2D eigenvalue weighted by Crippen LogP contribution is 2.25. The van der Waals surface area contributed by atoms with Gasteiger partial charge < -0.3 is 4.98 Å². The summed E-state index contributed by atoms with van der Waals surface area (Å²) in [4.78, 5) is 4.18. The molecular weight excluding hydrogens is 192 g/mol. The average molecular weight is 200 g/mol. The fourth-order valence-electron chi connectivity index (χ4n) is 1.12. The number of aromatic amines is 1. The van der Waals surface area contributed by atoms with E-state index >= 15 is 0 Å². The molecule has 0 unspecified atom stereocenters. The Morgan fingerprint density at radius 2 is 1.86 bits per heavy atom.